The van der Waals surface area contributed by atoms with E-state index in [-0.39, 0.29) is 5.91 Å². The first-order chi connectivity index (χ1) is 17.1. The zero-order valence-electron chi connectivity index (χ0n) is 20.0. The van der Waals surface area contributed by atoms with Crippen LogP contribution in [0.4, 0.5) is 0 Å². The standard InChI is InChI=1S/C28H30ClN5O/c1-2-34-26-6-4-3-5-24(26)25-17-22(9-12-27(25)34)18-30-31-28(35)20-33-15-13-32(14-16-33)19-21-7-10-23(29)11-8-21/h3-12,17-18H,2,13-16,19-20H2,1H3,(H,31,35)/b30-18-. The van der Waals surface area contributed by atoms with Crippen LogP contribution in [0.25, 0.3) is 21.8 Å². The van der Waals surface area contributed by atoms with Crippen LogP contribution in [0, 0.1) is 0 Å². The minimum atomic E-state index is -0.0870. The fourth-order valence-electron chi connectivity index (χ4n) is 4.86. The molecule has 2 heterocycles. The number of benzene rings is 3. The van der Waals surface area contributed by atoms with Crippen LogP contribution >= 0.6 is 11.6 Å². The Hall–Kier alpha value is -3.19. The Morgan fingerprint density at radius 2 is 1.66 bits per heavy atom. The van der Waals surface area contributed by atoms with Crippen molar-refractivity contribution in [3.8, 4) is 0 Å². The highest BCUT2D eigenvalue weighted by Gasteiger charge is 2.19. The van der Waals surface area contributed by atoms with Gasteiger partial charge in [0.15, 0.2) is 0 Å². The summed E-state index contributed by atoms with van der Waals surface area (Å²) < 4.78 is 2.32. The summed E-state index contributed by atoms with van der Waals surface area (Å²) in [5.74, 6) is -0.0870. The summed E-state index contributed by atoms with van der Waals surface area (Å²) in [4.78, 5) is 17.0. The molecule has 6 nitrogen and oxygen atoms in total. The normalized spacial score (nSPS) is 15.4. The summed E-state index contributed by atoms with van der Waals surface area (Å²) in [6.07, 6.45) is 1.72. The third-order valence-corrected chi connectivity index (χ3v) is 6.92. The van der Waals surface area contributed by atoms with Crippen molar-refractivity contribution in [1.82, 2.24) is 19.8 Å². The van der Waals surface area contributed by atoms with Gasteiger partial charge >= 0.3 is 0 Å². The molecule has 35 heavy (non-hydrogen) atoms. The van der Waals surface area contributed by atoms with Gasteiger partial charge in [-0.3, -0.25) is 14.6 Å². The Kier molecular flexibility index (Phi) is 7.13. The first kappa shape index (κ1) is 23.5. The van der Waals surface area contributed by atoms with Gasteiger partial charge in [-0.1, -0.05) is 48.0 Å². The lowest BCUT2D eigenvalue weighted by Crippen LogP contribution is -2.48. The second kappa shape index (κ2) is 10.6. The maximum Gasteiger partial charge on any atom is 0.254 e. The molecule has 1 aromatic heterocycles. The molecular weight excluding hydrogens is 458 g/mol. The van der Waals surface area contributed by atoms with Crippen molar-refractivity contribution in [3.63, 3.8) is 0 Å². The van der Waals surface area contributed by atoms with Gasteiger partial charge in [0.2, 0.25) is 0 Å². The number of halogens is 1. The highest BCUT2D eigenvalue weighted by Crippen LogP contribution is 2.29. The van der Waals surface area contributed by atoms with Crippen LogP contribution in [-0.4, -0.2) is 59.2 Å². The number of nitrogens with zero attached hydrogens (tertiary/aromatic N) is 4. The van der Waals surface area contributed by atoms with Gasteiger partial charge in [0.05, 0.1) is 12.8 Å². The summed E-state index contributed by atoms with van der Waals surface area (Å²) in [6.45, 7) is 7.94. The molecule has 0 spiro atoms. The number of para-hydroxylation sites is 1. The molecule has 1 aliphatic heterocycles. The molecule has 0 radical (unpaired) electrons. The number of piperazine rings is 1. The van der Waals surface area contributed by atoms with Crippen LogP contribution in [0.1, 0.15) is 18.1 Å². The van der Waals surface area contributed by atoms with Crippen LogP contribution in [0.5, 0.6) is 0 Å². The van der Waals surface area contributed by atoms with Gasteiger partial charge in [-0.2, -0.15) is 5.10 Å². The number of fused-ring (bicyclic) bond motifs is 3. The van der Waals surface area contributed by atoms with Crippen molar-refractivity contribution in [2.24, 2.45) is 5.10 Å². The molecule has 1 amide bonds. The molecule has 0 unspecified atom stereocenters. The summed E-state index contributed by atoms with van der Waals surface area (Å²) in [7, 11) is 0. The molecule has 4 aromatic rings. The highest BCUT2D eigenvalue weighted by molar-refractivity contribution is 6.30. The van der Waals surface area contributed by atoms with E-state index in [0.717, 1.165) is 49.9 Å². The summed E-state index contributed by atoms with van der Waals surface area (Å²) in [5, 5.41) is 7.42. The van der Waals surface area contributed by atoms with Gasteiger partial charge in [-0.15, -0.1) is 0 Å². The minimum absolute atomic E-state index is 0.0870. The molecule has 1 aliphatic rings. The van der Waals surface area contributed by atoms with E-state index in [2.05, 4.69) is 80.3 Å². The van der Waals surface area contributed by atoms with Gasteiger partial charge in [-0.25, -0.2) is 5.43 Å². The monoisotopic (exact) mass is 487 g/mol. The molecule has 0 saturated carbocycles. The maximum atomic E-state index is 12.4. The molecule has 1 fully saturated rings. The summed E-state index contributed by atoms with van der Waals surface area (Å²) in [6, 6.07) is 22.8. The van der Waals surface area contributed by atoms with Crippen LogP contribution in [0.2, 0.25) is 5.02 Å². The van der Waals surface area contributed by atoms with Gasteiger partial charge in [0.1, 0.15) is 0 Å². The zero-order valence-corrected chi connectivity index (χ0v) is 20.7. The topological polar surface area (TPSA) is 52.9 Å². The molecule has 3 aromatic carbocycles. The predicted molar refractivity (Wildman–Crippen MR) is 144 cm³/mol. The van der Waals surface area contributed by atoms with E-state index in [1.807, 2.05) is 18.2 Å². The average molecular weight is 488 g/mol. The fraction of sp³-hybridized carbons (Fsp3) is 0.286. The number of nitrogens with one attached hydrogen (secondary N) is 1. The number of amides is 1. The van der Waals surface area contributed by atoms with E-state index in [1.54, 1.807) is 6.21 Å². The van der Waals surface area contributed by atoms with Gasteiger partial charge < -0.3 is 4.57 Å². The highest BCUT2D eigenvalue weighted by atomic mass is 35.5. The predicted octanol–water partition coefficient (Wildman–Crippen LogP) is 4.74. The maximum absolute atomic E-state index is 12.4. The number of aryl methyl sites for hydroxylation is 1. The third-order valence-electron chi connectivity index (χ3n) is 6.67. The lowest BCUT2D eigenvalue weighted by molar-refractivity contribution is -0.122. The Labute approximate surface area is 210 Å². The average Bonchev–Trinajstić information content (AvgIpc) is 3.19. The number of aromatic nitrogens is 1. The summed E-state index contributed by atoms with van der Waals surface area (Å²) in [5.41, 5.74) is 7.37. The minimum Gasteiger partial charge on any atom is -0.341 e. The molecule has 180 valence electrons. The number of hydrazone groups is 1. The van der Waals surface area contributed by atoms with E-state index < -0.39 is 0 Å². The smallest absolute Gasteiger partial charge is 0.254 e. The van der Waals surface area contributed by atoms with Crippen LogP contribution in [0.3, 0.4) is 0 Å². The molecule has 1 saturated heterocycles. The number of carbonyl (C=O) groups is 1. The Morgan fingerprint density at radius 3 is 2.43 bits per heavy atom. The lowest BCUT2D eigenvalue weighted by atomic mass is 10.1. The van der Waals surface area contributed by atoms with Crippen molar-refractivity contribution >= 4 is 45.5 Å². The molecule has 0 atom stereocenters. The van der Waals surface area contributed by atoms with Crippen molar-refractivity contribution < 1.29 is 4.79 Å². The van der Waals surface area contributed by atoms with E-state index >= 15 is 0 Å². The van der Waals surface area contributed by atoms with Crippen molar-refractivity contribution in [3.05, 3.63) is 82.9 Å². The molecule has 0 bridgehead atoms. The van der Waals surface area contributed by atoms with Gasteiger partial charge in [0.25, 0.3) is 5.91 Å². The van der Waals surface area contributed by atoms with E-state index in [0.29, 0.717) is 6.54 Å². The van der Waals surface area contributed by atoms with E-state index in [4.69, 9.17) is 11.6 Å². The molecule has 5 rings (SSSR count). The number of hydrogen-bond donors (Lipinski definition) is 1. The van der Waals surface area contributed by atoms with Crippen LogP contribution in [0.15, 0.2) is 71.8 Å². The SMILES string of the molecule is CCn1c2ccccc2c2cc(/C=N\NC(=O)CN3CCN(Cc4ccc(Cl)cc4)CC3)ccc21. The first-order valence-corrected chi connectivity index (χ1v) is 12.5. The van der Waals surface area contributed by atoms with Crippen molar-refractivity contribution in [2.45, 2.75) is 20.0 Å². The quantitative estimate of drug-likeness (QED) is 0.303. The fourth-order valence-corrected chi connectivity index (χ4v) is 4.99. The number of hydrogen-bond acceptors (Lipinski definition) is 4. The third kappa shape index (κ3) is 5.40. The van der Waals surface area contributed by atoms with Crippen molar-refractivity contribution in [2.75, 3.05) is 32.7 Å². The Morgan fingerprint density at radius 1 is 0.943 bits per heavy atom. The first-order valence-electron chi connectivity index (χ1n) is 12.1. The Balaban J connectivity index is 1.14. The number of carbonyl (C=O) groups excluding carboxylic acids is 1. The van der Waals surface area contributed by atoms with E-state index in [1.165, 1.54) is 27.4 Å². The Bertz CT molecular complexity index is 1350. The molecular formula is C28H30ClN5O. The van der Waals surface area contributed by atoms with Crippen LogP contribution in [-0.2, 0) is 17.9 Å². The molecule has 0 aliphatic carbocycles. The largest absolute Gasteiger partial charge is 0.341 e. The van der Waals surface area contributed by atoms with Gasteiger partial charge in [-0.05, 0) is 48.4 Å². The molecule has 1 N–H and O–H groups in total. The lowest BCUT2D eigenvalue weighted by Gasteiger charge is -2.34. The summed E-state index contributed by atoms with van der Waals surface area (Å²) >= 11 is 5.97. The van der Waals surface area contributed by atoms with Gasteiger partial charge in [0, 0.05) is 66.1 Å². The van der Waals surface area contributed by atoms with Crippen molar-refractivity contribution in [1.29, 1.82) is 0 Å². The number of rotatable bonds is 7. The zero-order chi connectivity index (χ0) is 24.2. The second-order valence-electron chi connectivity index (χ2n) is 9.01. The van der Waals surface area contributed by atoms with Crippen LogP contribution < -0.4 is 5.43 Å². The second-order valence-corrected chi connectivity index (χ2v) is 9.45. The molecule has 7 heteroatoms. The van der Waals surface area contributed by atoms with E-state index in [9.17, 15) is 4.79 Å².